The number of hydrogen-bond donors (Lipinski definition) is 0. The lowest BCUT2D eigenvalue weighted by molar-refractivity contribution is -0.132. The van der Waals surface area contributed by atoms with Gasteiger partial charge in [0.25, 0.3) is 0 Å². The molecule has 0 fully saturated rings. The lowest BCUT2D eigenvalue weighted by Crippen LogP contribution is -2.37. The molecule has 0 aliphatic rings. The zero-order chi connectivity index (χ0) is 10.3. The van der Waals surface area contributed by atoms with Crippen LogP contribution in [0.15, 0.2) is 0 Å². The molecule has 0 rings (SSSR count). The Balaban J connectivity index is 3.99. The molecule has 0 saturated heterocycles. The Hall–Kier alpha value is -0.530. The Kier molecular flexibility index (Phi) is 6.65. The van der Waals surface area contributed by atoms with Crippen molar-refractivity contribution in [3.8, 4) is 0 Å². The summed E-state index contributed by atoms with van der Waals surface area (Å²) in [6, 6.07) is 0.325. The second kappa shape index (κ2) is 6.93. The highest BCUT2D eigenvalue weighted by Gasteiger charge is 2.14. The molecule has 13 heavy (non-hydrogen) atoms. The number of rotatable bonds is 6. The summed E-state index contributed by atoms with van der Waals surface area (Å²) in [4.78, 5) is 13.5. The molecule has 77 valence electrons. The first-order valence-corrected chi connectivity index (χ1v) is 5.22. The van der Waals surface area contributed by atoms with Crippen molar-refractivity contribution in [3.63, 3.8) is 0 Å². The van der Waals surface area contributed by atoms with Crippen LogP contribution in [0.5, 0.6) is 0 Å². The fourth-order valence-corrected chi connectivity index (χ4v) is 1.29. The second-order valence-corrected chi connectivity index (χ2v) is 3.64. The highest BCUT2D eigenvalue weighted by Crippen LogP contribution is 2.05. The summed E-state index contributed by atoms with van der Waals surface area (Å²) < 4.78 is 0. The summed E-state index contributed by atoms with van der Waals surface area (Å²) in [7, 11) is 0. The van der Waals surface area contributed by atoms with Gasteiger partial charge in [-0.25, -0.2) is 0 Å². The normalized spacial score (nSPS) is 10.5. The Morgan fingerprint density at radius 3 is 2.46 bits per heavy atom. The van der Waals surface area contributed by atoms with E-state index in [9.17, 15) is 4.79 Å². The van der Waals surface area contributed by atoms with Crippen molar-refractivity contribution in [1.82, 2.24) is 4.90 Å². The van der Waals surface area contributed by atoms with E-state index < -0.39 is 0 Å². The first-order valence-electron chi connectivity index (χ1n) is 5.22. The predicted molar refractivity (Wildman–Crippen MR) is 56.3 cm³/mol. The van der Waals surface area contributed by atoms with Crippen LogP contribution in [0.4, 0.5) is 0 Å². The van der Waals surface area contributed by atoms with Gasteiger partial charge in [-0.05, 0) is 26.7 Å². The molecule has 0 atom stereocenters. The Bertz CT molecular complexity index is 143. The Morgan fingerprint density at radius 2 is 2.08 bits per heavy atom. The summed E-state index contributed by atoms with van der Waals surface area (Å²) in [5, 5.41) is 0. The van der Waals surface area contributed by atoms with Crippen LogP contribution in [0, 0.1) is 6.92 Å². The summed E-state index contributed by atoms with van der Waals surface area (Å²) in [5.74, 6) is 0.249. The molecular formula is C11H22NO. The first kappa shape index (κ1) is 12.5. The van der Waals surface area contributed by atoms with Crippen molar-refractivity contribution >= 4 is 5.91 Å². The summed E-state index contributed by atoms with van der Waals surface area (Å²) in [5.41, 5.74) is 0. The molecule has 0 aliphatic heterocycles. The standard InChI is InChI=1S/C11H22NO/c1-5-7-9-12(10(3)4)11(13)8-6-2/h10H,2,5-9H2,1,3-4H3. The number of unbranched alkanes of at least 4 members (excludes halogenated alkanes) is 1. The van der Waals surface area contributed by atoms with Crippen LogP contribution in [-0.4, -0.2) is 23.4 Å². The van der Waals surface area contributed by atoms with Crippen molar-refractivity contribution in [2.75, 3.05) is 6.54 Å². The van der Waals surface area contributed by atoms with E-state index in [1.165, 1.54) is 0 Å². The highest BCUT2D eigenvalue weighted by atomic mass is 16.2. The van der Waals surface area contributed by atoms with E-state index in [1.54, 1.807) is 0 Å². The van der Waals surface area contributed by atoms with Crippen molar-refractivity contribution in [2.45, 2.75) is 52.5 Å². The molecule has 0 aliphatic carbocycles. The molecule has 2 nitrogen and oxygen atoms in total. The molecule has 0 bridgehead atoms. The van der Waals surface area contributed by atoms with E-state index >= 15 is 0 Å². The van der Waals surface area contributed by atoms with Gasteiger partial charge in [0.15, 0.2) is 0 Å². The smallest absolute Gasteiger partial charge is 0.222 e. The highest BCUT2D eigenvalue weighted by molar-refractivity contribution is 5.76. The molecule has 0 N–H and O–H groups in total. The van der Waals surface area contributed by atoms with E-state index in [0.29, 0.717) is 18.9 Å². The van der Waals surface area contributed by atoms with Gasteiger partial charge in [-0.2, -0.15) is 0 Å². The van der Waals surface area contributed by atoms with E-state index in [-0.39, 0.29) is 5.91 Å². The van der Waals surface area contributed by atoms with Gasteiger partial charge in [0.05, 0.1) is 0 Å². The molecule has 0 aromatic carbocycles. The van der Waals surface area contributed by atoms with Crippen LogP contribution < -0.4 is 0 Å². The van der Waals surface area contributed by atoms with Crippen LogP contribution in [0.3, 0.4) is 0 Å². The third-order valence-corrected chi connectivity index (χ3v) is 2.09. The lowest BCUT2D eigenvalue weighted by atomic mass is 10.2. The number of hydrogen-bond acceptors (Lipinski definition) is 1. The lowest BCUT2D eigenvalue weighted by Gasteiger charge is -2.26. The summed E-state index contributed by atoms with van der Waals surface area (Å²) >= 11 is 0. The zero-order valence-electron chi connectivity index (χ0n) is 9.18. The van der Waals surface area contributed by atoms with E-state index in [0.717, 1.165) is 19.4 Å². The third kappa shape index (κ3) is 4.91. The second-order valence-electron chi connectivity index (χ2n) is 3.64. The molecule has 0 aromatic heterocycles. The molecule has 0 heterocycles. The maximum absolute atomic E-state index is 11.6. The fourth-order valence-electron chi connectivity index (χ4n) is 1.29. The van der Waals surface area contributed by atoms with E-state index in [1.807, 2.05) is 4.90 Å². The van der Waals surface area contributed by atoms with Gasteiger partial charge in [0.1, 0.15) is 0 Å². The maximum Gasteiger partial charge on any atom is 0.222 e. The first-order chi connectivity index (χ1) is 6.13. The van der Waals surface area contributed by atoms with Crippen LogP contribution in [0.25, 0.3) is 0 Å². The minimum atomic E-state index is 0.249. The Labute approximate surface area is 82.3 Å². The van der Waals surface area contributed by atoms with Crippen LogP contribution in [0.1, 0.15) is 46.5 Å². The number of amides is 1. The molecule has 0 unspecified atom stereocenters. The van der Waals surface area contributed by atoms with Crippen LogP contribution in [0.2, 0.25) is 0 Å². The third-order valence-electron chi connectivity index (χ3n) is 2.09. The molecule has 0 aromatic rings. The van der Waals surface area contributed by atoms with Gasteiger partial charge in [-0.3, -0.25) is 4.79 Å². The maximum atomic E-state index is 11.6. The average molecular weight is 184 g/mol. The Morgan fingerprint density at radius 1 is 1.46 bits per heavy atom. The van der Waals surface area contributed by atoms with Crippen molar-refractivity contribution in [2.24, 2.45) is 0 Å². The molecule has 0 saturated carbocycles. The van der Waals surface area contributed by atoms with E-state index in [2.05, 4.69) is 27.7 Å². The predicted octanol–water partition coefficient (Wildman–Crippen LogP) is 2.64. The number of carbonyl (C=O) groups excluding carboxylic acids is 1. The topological polar surface area (TPSA) is 20.3 Å². The monoisotopic (exact) mass is 184 g/mol. The molecule has 1 amide bonds. The molecule has 2 heteroatoms. The quantitative estimate of drug-likeness (QED) is 0.621. The molecular weight excluding hydrogens is 162 g/mol. The fraction of sp³-hybridized carbons (Fsp3) is 0.818. The SMILES string of the molecule is [CH2]CCC(=O)N(CCCC)C(C)C. The molecule has 1 radical (unpaired) electrons. The van der Waals surface area contributed by atoms with Gasteiger partial charge >= 0.3 is 0 Å². The average Bonchev–Trinajstić information content (AvgIpc) is 2.05. The minimum absolute atomic E-state index is 0.249. The van der Waals surface area contributed by atoms with Gasteiger partial charge < -0.3 is 4.90 Å². The summed E-state index contributed by atoms with van der Waals surface area (Å²) in [6.07, 6.45) is 3.53. The minimum Gasteiger partial charge on any atom is -0.340 e. The van der Waals surface area contributed by atoms with Gasteiger partial charge in [0, 0.05) is 19.0 Å². The molecule has 0 spiro atoms. The van der Waals surface area contributed by atoms with Crippen molar-refractivity contribution in [3.05, 3.63) is 6.92 Å². The number of nitrogens with zero attached hydrogens (tertiary/aromatic N) is 1. The number of carbonyl (C=O) groups is 1. The van der Waals surface area contributed by atoms with E-state index in [4.69, 9.17) is 0 Å². The zero-order valence-corrected chi connectivity index (χ0v) is 9.18. The van der Waals surface area contributed by atoms with Crippen LogP contribution in [-0.2, 0) is 4.79 Å². The van der Waals surface area contributed by atoms with Crippen molar-refractivity contribution in [1.29, 1.82) is 0 Å². The van der Waals surface area contributed by atoms with Gasteiger partial charge in [0.2, 0.25) is 5.91 Å². The largest absolute Gasteiger partial charge is 0.340 e. The van der Waals surface area contributed by atoms with Gasteiger partial charge in [-0.15, -0.1) is 0 Å². The summed E-state index contributed by atoms with van der Waals surface area (Å²) in [6.45, 7) is 10.9. The van der Waals surface area contributed by atoms with Crippen molar-refractivity contribution < 1.29 is 4.79 Å². The van der Waals surface area contributed by atoms with Crippen LogP contribution >= 0.6 is 0 Å². The van der Waals surface area contributed by atoms with Gasteiger partial charge in [-0.1, -0.05) is 20.3 Å².